The second kappa shape index (κ2) is 9.53. The number of hydrogen-bond acceptors (Lipinski definition) is 3. The summed E-state index contributed by atoms with van der Waals surface area (Å²) in [5, 5.41) is 0. The van der Waals surface area contributed by atoms with Crippen LogP contribution in [-0.2, 0) is 39.9 Å². The summed E-state index contributed by atoms with van der Waals surface area (Å²) in [7, 11) is 0. The number of benzene rings is 2. The second-order valence-electron chi connectivity index (χ2n) is 7.99. The first kappa shape index (κ1) is 20.1. The second-order valence-corrected chi connectivity index (χ2v) is 7.99. The fraction of sp³-hybridized carbons (Fsp3) is 0.385. The third-order valence-electron chi connectivity index (χ3n) is 5.51. The molecule has 152 valence electrons. The van der Waals surface area contributed by atoms with Crippen molar-refractivity contribution in [3.8, 4) is 0 Å². The third-order valence-corrected chi connectivity index (χ3v) is 5.51. The minimum atomic E-state index is 0.0551. The third kappa shape index (κ3) is 5.89. The van der Waals surface area contributed by atoms with E-state index in [0.717, 1.165) is 38.9 Å². The van der Waals surface area contributed by atoms with E-state index in [1.54, 1.807) is 0 Å². The van der Waals surface area contributed by atoms with Gasteiger partial charge >= 0.3 is 0 Å². The Labute approximate surface area is 174 Å². The molecule has 4 atom stereocenters. The molecule has 0 radical (unpaired) electrons. The largest absolute Gasteiger partial charge is 0.370 e. The maximum Gasteiger partial charge on any atom is 0.107 e. The first-order valence-electron chi connectivity index (χ1n) is 10.5. The van der Waals surface area contributed by atoms with Crippen molar-refractivity contribution in [1.29, 1.82) is 0 Å². The van der Waals surface area contributed by atoms with Gasteiger partial charge in [-0.05, 0) is 35.1 Å². The van der Waals surface area contributed by atoms with Gasteiger partial charge in [0.2, 0.25) is 0 Å². The van der Waals surface area contributed by atoms with Gasteiger partial charge in [0.05, 0.1) is 25.4 Å². The van der Waals surface area contributed by atoms with Crippen LogP contribution in [0.3, 0.4) is 0 Å². The molecule has 3 heteroatoms. The summed E-state index contributed by atoms with van der Waals surface area (Å²) in [6, 6.07) is 17.4. The van der Waals surface area contributed by atoms with Crippen LogP contribution < -0.4 is 0 Å². The molecule has 2 aliphatic heterocycles. The molecule has 3 nitrogen and oxygen atoms in total. The van der Waals surface area contributed by atoms with Gasteiger partial charge in [0, 0.05) is 12.8 Å². The highest BCUT2D eigenvalue weighted by molar-refractivity contribution is 5.27. The predicted octanol–water partition coefficient (Wildman–Crippen LogP) is 4.48. The molecular formula is C26H30O3. The monoisotopic (exact) mass is 390 g/mol. The maximum atomic E-state index is 6.62. The summed E-state index contributed by atoms with van der Waals surface area (Å²) in [4.78, 5) is 0. The van der Waals surface area contributed by atoms with Crippen molar-refractivity contribution in [2.24, 2.45) is 0 Å². The van der Waals surface area contributed by atoms with Crippen LogP contribution in [0.5, 0.6) is 0 Å². The van der Waals surface area contributed by atoms with E-state index in [9.17, 15) is 0 Å². The fourth-order valence-corrected chi connectivity index (χ4v) is 3.86. The smallest absolute Gasteiger partial charge is 0.107 e. The molecule has 0 amide bonds. The van der Waals surface area contributed by atoms with Crippen LogP contribution in [0.15, 0.2) is 73.8 Å². The molecule has 2 saturated heterocycles. The topological polar surface area (TPSA) is 34.3 Å². The molecule has 2 aromatic rings. The van der Waals surface area contributed by atoms with Gasteiger partial charge in [-0.25, -0.2) is 0 Å². The molecule has 0 bridgehead atoms. The van der Waals surface area contributed by atoms with Crippen molar-refractivity contribution in [2.45, 2.75) is 50.1 Å². The van der Waals surface area contributed by atoms with Crippen LogP contribution in [0.1, 0.15) is 22.3 Å². The lowest BCUT2D eigenvalue weighted by molar-refractivity contribution is -0.0369. The summed E-state index contributed by atoms with van der Waals surface area (Å²) in [5.74, 6) is 0. The number of epoxide rings is 2. The molecular weight excluding hydrogens is 360 g/mol. The van der Waals surface area contributed by atoms with Gasteiger partial charge in [-0.1, -0.05) is 60.7 Å². The van der Waals surface area contributed by atoms with Crippen LogP contribution in [0.4, 0.5) is 0 Å². The number of rotatable bonds is 12. The SMILES string of the molecule is C=CCc1cccc(CC(OC(Cc2cccc(CC=C)c2)C2CO2)C2CO2)c1. The van der Waals surface area contributed by atoms with Crippen LogP contribution in [-0.4, -0.2) is 37.6 Å². The Hall–Kier alpha value is -2.20. The quantitative estimate of drug-likeness (QED) is 0.396. The predicted molar refractivity (Wildman–Crippen MR) is 116 cm³/mol. The van der Waals surface area contributed by atoms with E-state index in [2.05, 4.69) is 61.7 Å². The van der Waals surface area contributed by atoms with Gasteiger partial charge in [0.15, 0.2) is 0 Å². The minimum Gasteiger partial charge on any atom is -0.370 e. The summed E-state index contributed by atoms with van der Waals surface area (Å²) in [6.07, 6.45) is 7.86. The summed E-state index contributed by atoms with van der Waals surface area (Å²) in [5.41, 5.74) is 5.14. The Morgan fingerprint density at radius 3 is 1.59 bits per heavy atom. The summed E-state index contributed by atoms with van der Waals surface area (Å²) < 4.78 is 17.9. The Kier molecular flexibility index (Phi) is 6.60. The zero-order valence-electron chi connectivity index (χ0n) is 17.0. The standard InChI is InChI=1S/C26H30O3/c1-3-7-19-9-5-11-21(13-19)15-23(25-17-27-25)29-24(26-18-28-26)16-22-12-6-10-20(14-22)8-4-2/h3-6,9-14,23-26H,1-2,7-8,15-18H2. The molecule has 0 aliphatic carbocycles. The van der Waals surface area contributed by atoms with E-state index in [1.807, 2.05) is 12.2 Å². The molecule has 0 spiro atoms. The first-order chi connectivity index (χ1) is 14.2. The van der Waals surface area contributed by atoms with Crippen LogP contribution >= 0.6 is 0 Å². The lowest BCUT2D eigenvalue weighted by atomic mass is 10.00. The Bertz CT molecular complexity index is 766. The molecule has 4 unspecified atom stereocenters. The van der Waals surface area contributed by atoms with Crippen molar-refractivity contribution in [3.05, 3.63) is 96.1 Å². The van der Waals surface area contributed by atoms with E-state index < -0.39 is 0 Å². The van der Waals surface area contributed by atoms with Crippen LogP contribution in [0, 0.1) is 0 Å². The fourth-order valence-electron chi connectivity index (χ4n) is 3.86. The maximum absolute atomic E-state index is 6.62. The average Bonchev–Trinajstić information content (AvgIpc) is 3.62. The van der Waals surface area contributed by atoms with Gasteiger partial charge in [0.25, 0.3) is 0 Å². The molecule has 2 fully saturated rings. The number of hydrogen-bond donors (Lipinski definition) is 0. The molecule has 4 rings (SSSR count). The van der Waals surface area contributed by atoms with Crippen molar-refractivity contribution < 1.29 is 14.2 Å². The molecule has 29 heavy (non-hydrogen) atoms. The molecule has 2 aliphatic rings. The van der Waals surface area contributed by atoms with Gasteiger partial charge < -0.3 is 14.2 Å². The lowest BCUT2D eigenvalue weighted by Crippen LogP contribution is -2.33. The molecule has 0 aromatic heterocycles. The molecule has 2 aromatic carbocycles. The van der Waals surface area contributed by atoms with Crippen molar-refractivity contribution >= 4 is 0 Å². The van der Waals surface area contributed by atoms with E-state index in [1.165, 1.54) is 22.3 Å². The Morgan fingerprint density at radius 2 is 1.21 bits per heavy atom. The van der Waals surface area contributed by atoms with Gasteiger partial charge in [-0.2, -0.15) is 0 Å². The Morgan fingerprint density at radius 1 is 0.793 bits per heavy atom. The minimum absolute atomic E-state index is 0.0551. The Balaban J connectivity index is 1.44. The van der Waals surface area contributed by atoms with Crippen LogP contribution in [0.25, 0.3) is 0 Å². The van der Waals surface area contributed by atoms with E-state index in [4.69, 9.17) is 14.2 Å². The van der Waals surface area contributed by atoms with Crippen LogP contribution in [0.2, 0.25) is 0 Å². The molecule has 0 N–H and O–H groups in total. The normalized spacial score (nSPS) is 21.9. The van der Waals surface area contributed by atoms with Crippen molar-refractivity contribution in [3.63, 3.8) is 0 Å². The van der Waals surface area contributed by atoms with E-state index in [-0.39, 0.29) is 24.4 Å². The summed E-state index contributed by atoms with van der Waals surface area (Å²) >= 11 is 0. The lowest BCUT2D eigenvalue weighted by Gasteiger charge is -2.23. The van der Waals surface area contributed by atoms with E-state index in [0.29, 0.717) is 0 Å². The molecule has 2 heterocycles. The average molecular weight is 391 g/mol. The number of ether oxygens (including phenoxy) is 3. The number of allylic oxidation sites excluding steroid dienone is 2. The molecule has 0 saturated carbocycles. The highest BCUT2D eigenvalue weighted by Crippen LogP contribution is 2.28. The van der Waals surface area contributed by atoms with Gasteiger partial charge in [-0.15, -0.1) is 13.2 Å². The highest BCUT2D eigenvalue weighted by Gasteiger charge is 2.40. The van der Waals surface area contributed by atoms with Gasteiger partial charge in [0.1, 0.15) is 12.2 Å². The highest BCUT2D eigenvalue weighted by atomic mass is 16.6. The zero-order valence-corrected chi connectivity index (χ0v) is 17.0. The first-order valence-corrected chi connectivity index (χ1v) is 10.5. The van der Waals surface area contributed by atoms with Crippen molar-refractivity contribution in [2.75, 3.05) is 13.2 Å². The summed E-state index contributed by atoms with van der Waals surface area (Å²) in [6.45, 7) is 9.25. The zero-order chi connectivity index (χ0) is 20.1. The van der Waals surface area contributed by atoms with Gasteiger partial charge in [-0.3, -0.25) is 0 Å². The van der Waals surface area contributed by atoms with E-state index >= 15 is 0 Å². The van der Waals surface area contributed by atoms with Crippen molar-refractivity contribution in [1.82, 2.24) is 0 Å².